The van der Waals surface area contributed by atoms with Gasteiger partial charge in [-0.15, -0.1) is 0 Å². The fourth-order valence-corrected chi connectivity index (χ4v) is 2.22. The first-order valence-corrected chi connectivity index (χ1v) is 8.54. The third-order valence-electron chi connectivity index (χ3n) is 3.95. The number of aliphatic hydroxyl groups excluding tert-OH is 1. The summed E-state index contributed by atoms with van der Waals surface area (Å²) in [6, 6.07) is 8.37. The highest BCUT2D eigenvalue weighted by molar-refractivity contribution is 5.87. The van der Waals surface area contributed by atoms with Gasteiger partial charge < -0.3 is 26.2 Å². The van der Waals surface area contributed by atoms with Crippen molar-refractivity contribution >= 4 is 17.9 Å². The standard InChI is InChI=1S/C18H27N3O5/c1-3-12(2)16(17(19)24)21-15(23)9-14(22)10-20-18(25)26-11-13-7-5-4-6-8-13/h4-8,12,14,16,22H,3,9-11H2,1-2H3,(H2,19,24)(H,20,25)(H,21,23)/t12-,14+,16-/m0/s1. The quantitative estimate of drug-likeness (QED) is 0.484. The van der Waals surface area contributed by atoms with Crippen molar-refractivity contribution in [3.63, 3.8) is 0 Å². The maximum absolute atomic E-state index is 11.9. The first kappa shape index (κ1) is 21.4. The summed E-state index contributed by atoms with van der Waals surface area (Å²) in [6.45, 7) is 3.65. The smallest absolute Gasteiger partial charge is 0.407 e. The zero-order chi connectivity index (χ0) is 19.5. The average molecular weight is 365 g/mol. The Kier molecular flexibility index (Phi) is 9.14. The van der Waals surface area contributed by atoms with E-state index >= 15 is 0 Å². The van der Waals surface area contributed by atoms with Gasteiger partial charge >= 0.3 is 6.09 Å². The van der Waals surface area contributed by atoms with Crippen LogP contribution in [0.4, 0.5) is 4.79 Å². The molecule has 0 fully saturated rings. The largest absolute Gasteiger partial charge is 0.445 e. The molecule has 0 aromatic heterocycles. The van der Waals surface area contributed by atoms with Gasteiger partial charge in [0.05, 0.1) is 12.5 Å². The molecule has 0 aliphatic heterocycles. The van der Waals surface area contributed by atoms with Crippen molar-refractivity contribution < 1.29 is 24.2 Å². The number of primary amides is 1. The Bertz CT molecular complexity index is 594. The molecule has 8 heteroatoms. The van der Waals surface area contributed by atoms with Gasteiger partial charge in [-0.05, 0) is 11.5 Å². The molecule has 1 rings (SSSR count). The van der Waals surface area contributed by atoms with Crippen LogP contribution in [-0.4, -0.2) is 41.7 Å². The van der Waals surface area contributed by atoms with Crippen molar-refractivity contribution in [1.29, 1.82) is 0 Å². The van der Waals surface area contributed by atoms with Crippen LogP contribution in [0.5, 0.6) is 0 Å². The van der Waals surface area contributed by atoms with Crippen molar-refractivity contribution in [2.75, 3.05) is 6.54 Å². The van der Waals surface area contributed by atoms with Crippen LogP contribution in [-0.2, 0) is 20.9 Å². The van der Waals surface area contributed by atoms with Gasteiger partial charge in [0.25, 0.3) is 0 Å². The summed E-state index contributed by atoms with van der Waals surface area (Å²) < 4.78 is 5.00. The van der Waals surface area contributed by atoms with Gasteiger partial charge in [0.2, 0.25) is 11.8 Å². The summed E-state index contributed by atoms with van der Waals surface area (Å²) in [5.74, 6) is -1.24. The van der Waals surface area contributed by atoms with Crippen LogP contribution in [0.1, 0.15) is 32.3 Å². The molecule has 0 saturated heterocycles. The molecule has 0 aliphatic rings. The second kappa shape index (κ2) is 11.1. The molecule has 0 bridgehead atoms. The Morgan fingerprint density at radius 3 is 2.46 bits per heavy atom. The zero-order valence-electron chi connectivity index (χ0n) is 15.1. The van der Waals surface area contributed by atoms with Crippen molar-refractivity contribution in [3.8, 4) is 0 Å². The van der Waals surface area contributed by atoms with Crippen LogP contribution < -0.4 is 16.4 Å². The monoisotopic (exact) mass is 365 g/mol. The number of nitrogens with two attached hydrogens (primary N) is 1. The lowest BCUT2D eigenvalue weighted by atomic mass is 9.98. The fourth-order valence-electron chi connectivity index (χ4n) is 2.22. The van der Waals surface area contributed by atoms with Gasteiger partial charge in [0, 0.05) is 6.54 Å². The minimum Gasteiger partial charge on any atom is -0.445 e. The number of carbonyl (C=O) groups excluding carboxylic acids is 3. The van der Waals surface area contributed by atoms with Crippen LogP contribution in [0, 0.1) is 5.92 Å². The molecule has 1 aromatic carbocycles. The molecule has 144 valence electrons. The number of carbonyl (C=O) groups is 3. The third kappa shape index (κ3) is 7.98. The van der Waals surface area contributed by atoms with Gasteiger partial charge in [-0.2, -0.15) is 0 Å². The van der Waals surface area contributed by atoms with Crippen molar-refractivity contribution in [2.45, 2.75) is 45.4 Å². The number of rotatable bonds is 10. The van der Waals surface area contributed by atoms with E-state index in [-0.39, 0.29) is 25.5 Å². The number of nitrogens with one attached hydrogen (secondary N) is 2. The molecule has 0 aliphatic carbocycles. The topological polar surface area (TPSA) is 131 Å². The highest BCUT2D eigenvalue weighted by Crippen LogP contribution is 2.08. The highest BCUT2D eigenvalue weighted by atomic mass is 16.5. The summed E-state index contributed by atoms with van der Waals surface area (Å²) in [5, 5.41) is 14.8. The molecule has 0 heterocycles. The SMILES string of the molecule is CC[C@H](C)[C@H](NC(=O)C[C@@H](O)CNC(=O)OCc1ccccc1)C(N)=O. The molecular weight excluding hydrogens is 338 g/mol. The number of aliphatic hydroxyl groups is 1. The van der Waals surface area contributed by atoms with Gasteiger partial charge in [0.1, 0.15) is 12.6 Å². The Morgan fingerprint density at radius 2 is 1.88 bits per heavy atom. The molecule has 3 amide bonds. The van der Waals surface area contributed by atoms with E-state index in [4.69, 9.17) is 10.5 Å². The number of amides is 3. The van der Waals surface area contributed by atoms with E-state index in [0.717, 1.165) is 5.56 Å². The van der Waals surface area contributed by atoms with Gasteiger partial charge in [-0.1, -0.05) is 50.6 Å². The second-order valence-electron chi connectivity index (χ2n) is 6.13. The maximum Gasteiger partial charge on any atom is 0.407 e. The molecule has 0 radical (unpaired) electrons. The molecule has 1 aromatic rings. The summed E-state index contributed by atoms with van der Waals surface area (Å²) in [5.41, 5.74) is 6.12. The van der Waals surface area contributed by atoms with Crippen LogP contribution in [0.2, 0.25) is 0 Å². The summed E-state index contributed by atoms with van der Waals surface area (Å²) in [7, 11) is 0. The first-order valence-electron chi connectivity index (χ1n) is 8.54. The van der Waals surface area contributed by atoms with E-state index in [9.17, 15) is 19.5 Å². The van der Waals surface area contributed by atoms with Gasteiger partial charge in [0.15, 0.2) is 0 Å². The van der Waals surface area contributed by atoms with Gasteiger partial charge in [-0.25, -0.2) is 4.79 Å². The lowest BCUT2D eigenvalue weighted by Crippen LogP contribution is -2.49. The lowest BCUT2D eigenvalue weighted by Gasteiger charge is -2.22. The molecule has 5 N–H and O–H groups in total. The van der Waals surface area contributed by atoms with E-state index in [0.29, 0.717) is 6.42 Å². The summed E-state index contributed by atoms with van der Waals surface area (Å²) in [6.07, 6.45) is -1.39. The Labute approximate surface area is 153 Å². The number of benzene rings is 1. The minimum atomic E-state index is -1.11. The lowest BCUT2D eigenvalue weighted by molar-refractivity contribution is -0.129. The normalized spacial score (nSPS) is 14.0. The second-order valence-corrected chi connectivity index (χ2v) is 6.13. The molecule has 26 heavy (non-hydrogen) atoms. The number of hydrogen-bond acceptors (Lipinski definition) is 5. The van der Waals surface area contributed by atoms with E-state index in [1.54, 1.807) is 6.92 Å². The van der Waals surface area contributed by atoms with Crippen molar-refractivity contribution in [1.82, 2.24) is 10.6 Å². The molecule has 0 unspecified atom stereocenters. The van der Waals surface area contributed by atoms with Crippen molar-refractivity contribution in [2.24, 2.45) is 11.7 Å². The highest BCUT2D eigenvalue weighted by Gasteiger charge is 2.24. The van der Waals surface area contributed by atoms with E-state index < -0.39 is 30.1 Å². The van der Waals surface area contributed by atoms with Crippen molar-refractivity contribution in [3.05, 3.63) is 35.9 Å². The summed E-state index contributed by atoms with van der Waals surface area (Å²) >= 11 is 0. The predicted molar refractivity (Wildman–Crippen MR) is 95.8 cm³/mol. The fraction of sp³-hybridized carbons (Fsp3) is 0.500. The van der Waals surface area contributed by atoms with Gasteiger partial charge in [-0.3, -0.25) is 9.59 Å². The first-order chi connectivity index (χ1) is 12.3. The molecular formula is C18H27N3O5. The molecule has 3 atom stereocenters. The summed E-state index contributed by atoms with van der Waals surface area (Å²) in [4.78, 5) is 34.9. The minimum absolute atomic E-state index is 0.110. The van der Waals surface area contributed by atoms with E-state index in [1.807, 2.05) is 37.3 Å². The van der Waals surface area contributed by atoms with Crippen LogP contribution >= 0.6 is 0 Å². The van der Waals surface area contributed by atoms with E-state index in [1.165, 1.54) is 0 Å². The predicted octanol–water partition coefficient (Wildman–Crippen LogP) is 0.680. The Hall–Kier alpha value is -2.61. The Morgan fingerprint density at radius 1 is 1.23 bits per heavy atom. The number of hydrogen-bond donors (Lipinski definition) is 4. The molecule has 0 saturated carbocycles. The number of alkyl carbamates (subject to hydrolysis) is 1. The molecule has 8 nitrogen and oxygen atoms in total. The maximum atomic E-state index is 11.9. The number of ether oxygens (including phenoxy) is 1. The third-order valence-corrected chi connectivity index (χ3v) is 3.95. The molecule has 0 spiro atoms. The zero-order valence-corrected chi connectivity index (χ0v) is 15.1. The van der Waals surface area contributed by atoms with Crippen LogP contribution in [0.15, 0.2) is 30.3 Å². The van der Waals surface area contributed by atoms with Crippen LogP contribution in [0.25, 0.3) is 0 Å². The Balaban J connectivity index is 2.31. The van der Waals surface area contributed by atoms with E-state index in [2.05, 4.69) is 10.6 Å². The average Bonchev–Trinajstić information content (AvgIpc) is 2.62. The van der Waals surface area contributed by atoms with Crippen LogP contribution in [0.3, 0.4) is 0 Å².